The summed E-state index contributed by atoms with van der Waals surface area (Å²) in [5, 5.41) is 0. The van der Waals surface area contributed by atoms with E-state index in [1.54, 1.807) is 36.4 Å². The Bertz CT molecular complexity index is 735. The molecule has 0 saturated heterocycles. The summed E-state index contributed by atoms with van der Waals surface area (Å²) in [5.74, 6) is -0.509. The molecule has 0 aliphatic heterocycles. The number of hydrazine groups is 1. The third kappa shape index (κ3) is 3.90. The van der Waals surface area contributed by atoms with E-state index >= 15 is 0 Å². The van der Waals surface area contributed by atoms with Crippen LogP contribution in [0.5, 0.6) is 0 Å². The number of rotatable bonds is 4. The highest BCUT2D eigenvalue weighted by Gasteiger charge is 2.15. The lowest BCUT2D eigenvalue weighted by molar-refractivity contribution is 0.0945. The van der Waals surface area contributed by atoms with E-state index in [1.807, 2.05) is 13.8 Å². The molecule has 21 heavy (non-hydrogen) atoms. The molecule has 0 heterocycles. The molecule has 0 saturated carbocycles. The zero-order chi connectivity index (χ0) is 15.5. The number of amides is 1. The summed E-state index contributed by atoms with van der Waals surface area (Å²) in [7, 11) is -3.77. The third-order valence-electron chi connectivity index (χ3n) is 2.94. The van der Waals surface area contributed by atoms with Crippen molar-refractivity contribution in [2.45, 2.75) is 18.7 Å². The molecule has 5 nitrogen and oxygen atoms in total. The van der Waals surface area contributed by atoms with Crippen molar-refractivity contribution in [2.75, 3.05) is 0 Å². The first-order valence-electron chi connectivity index (χ1n) is 6.34. The van der Waals surface area contributed by atoms with E-state index < -0.39 is 15.9 Å². The minimum Gasteiger partial charge on any atom is -0.273 e. The molecule has 2 aromatic rings. The number of carbonyl (C=O) groups is 1. The van der Waals surface area contributed by atoms with Crippen molar-refractivity contribution in [3.05, 3.63) is 65.2 Å². The smallest absolute Gasteiger partial charge is 0.266 e. The van der Waals surface area contributed by atoms with Crippen molar-refractivity contribution in [3.8, 4) is 0 Å². The Morgan fingerprint density at radius 2 is 1.33 bits per heavy atom. The number of carbonyl (C=O) groups excluding carboxylic acids is 1. The molecule has 2 aromatic carbocycles. The molecular weight excluding hydrogens is 288 g/mol. The van der Waals surface area contributed by atoms with Gasteiger partial charge < -0.3 is 0 Å². The number of sulfonamides is 1. The minimum absolute atomic E-state index is 0.0947. The fraction of sp³-hybridized carbons (Fsp3) is 0.133. The van der Waals surface area contributed by atoms with Crippen LogP contribution >= 0.6 is 0 Å². The van der Waals surface area contributed by atoms with Crippen molar-refractivity contribution in [3.63, 3.8) is 0 Å². The van der Waals surface area contributed by atoms with Gasteiger partial charge in [0.2, 0.25) is 0 Å². The molecule has 1 amide bonds. The monoisotopic (exact) mass is 304 g/mol. The highest BCUT2D eigenvalue weighted by molar-refractivity contribution is 7.89. The van der Waals surface area contributed by atoms with Crippen LogP contribution in [0.1, 0.15) is 21.5 Å². The van der Waals surface area contributed by atoms with Gasteiger partial charge in [0.1, 0.15) is 0 Å². The number of benzene rings is 2. The van der Waals surface area contributed by atoms with Crippen LogP contribution in [-0.4, -0.2) is 14.3 Å². The molecule has 0 aliphatic carbocycles. The van der Waals surface area contributed by atoms with Crippen molar-refractivity contribution in [1.29, 1.82) is 0 Å². The summed E-state index contributed by atoms with van der Waals surface area (Å²) in [6.07, 6.45) is 0. The Morgan fingerprint density at radius 3 is 1.86 bits per heavy atom. The van der Waals surface area contributed by atoms with Crippen molar-refractivity contribution in [1.82, 2.24) is 10.3 Å². The van der Waals surface area contributed by atoms with Gasteiger partial charge in [-0.05, 0) is 38.1 Å². The van der Waals surface area contributed by atoms with Gasteiger partial charge in [0.05, 0.1) is 4.90 Å². The lowest BCUT2D eigenvalue weighted by Crippen LogP contribution is -2.41. The van der Waals surface area contributed by atoms with Crippen LogP contribution in [0.2, 0.25) is 0 Å². The maximum Gasteiger partial charge on any atom is 0.266 e. The molecule has 0 spiro atoms. The van der Waals surface area contributed by atoms with Crippen LogP contribution in [0.3, 0.4) is 0 Å². The summed E-state index contributed by atoms with van der Waals surface area (Å²) in [6.45, 7) is 3.77. The van der Waals surface area contributed by atoms with Crippen molar-refractivity contribution < 1.29 is 13.2 Å². The molecule has 6 heteroatoms. The highest BCUT2D eigenvalue weighted by atomic mass is 32.2. The first-order valence-corrected chi connectivity index (χ1v) is 7.82. The Labute approximate surface area is 124 Å². The topological polar surface area (TPSA) is 75.3 Å². The summed E-state index contributed by atoms with van der Waals surface area (Å²) in [4.78, 5) is 14.0. The Kier molecular flexibility index (Phi) is 4.40. The fourth-order valence-corrected chi connectivity index (χ4v) is 2.51. The first kappa shape index (κ1) is 15.2. The van der Waals surface area contributed by atoms with Crippen LogP contribution in [0.15, 0.2) is 53.4 Å². The van der Waals surface area contributed by atoms with Gasteiger partial charge in [-0.1, -0.05) is 35.4 Å². The number of aryl methyl sites for hydroxylation is 2. The SMILES string of the molecule is Cc1ccc(C(=O)NNS(=O)(=O)c2ccc(C)cc2)cc1. The van der Waals surface area contributed by atoms with Gasteiger partial charge in [0.15, 0.2) is 0 Å². The molecule has 2 N–H and O–H groups in total. The molecule has 0 aromatic heterocycles. The predicted octanol–water partition coefficient (Wildman–Crippen LogP) is 1.93. The van der Waals surface area contributed by atoms with Gasteiger partial charge in [-0.2, -0.15) is 0 Å². The van der Waals surface area contributed by atoms with Crippen LogP contribution in [0.25, 0.3) is 0 Å². The van der Waals surface area contributed by atoms with E-state index in [0.29, 0.717) is 5.56 Å². The van der Waals surface area contributed by atoms with Gasteiger partial charge in [-0.3, -0.25) is 10.2 Å². The number of nitrogens with one attached hydrogen (secondary N) is 2. The van der Waals surface area contributed by atoms with Crippen LogP contribution < -0.4 is 10.3 Å². The Hall–Kier alpha value is -2.18. The molecule has 110 valence electrons. The quantitative estimate of drug-likeness (QED) is 0.848. The van der Waals surface area contributed by atoms with E-state index in [9.17, 15) is 13.2 Å². The molecule has 0 fully saturated rings. The summed E-state index contributed by atoms with van der Waals surface area (Å²) >= 11 is 0. The number of hydrogen-bond donors (Lipinski definition) is 2. The van der Waals surface area contributed by atoms with E-state index in [0.717, 1.165) is 11.1 Å². The standard InChI is InChI=1S/C15H16N2O3S/c1-11-3-7-13(8-4-11)15(18)16-17-21(19,20)14-9-5-12(2)6-10-14/h3-10,17H,1-2H3,(H,16,18). The van der Waals surface area contributed by atoms with Crippen molar-refractivity contribution >= 4 is 15.9 Å². The average molecular weight is 304 g/mol. The van der Waals surface area contributed by atoms with Crippen LogP contribution in [-0.2, 0) is 10.0 Å². The maximum atomic E-state index is 12.0. The van der Waals surface area contributed by atoms with E-state index in [-0.39, 0.29) is 4.90 Å². The summed E-state index contributed by atoms with van der Waals surface area (Å²) in [6, 6.07) is 13.2. The number of hydrogen-bond acceptors (Lipinski definition) is 3. The van der Waals surface area contributed by atoms with Gasteiger partial charge in [-0.25, -0.2) is 8.42 Å². The van der Waals surface area contributed by atoms with Crippen LogP contribution in [0, 0.1) is 13.8 Å². The summed E-state index contributed by atoms with van der Waals surface area (Å²) in [5.41, 5.74) is 4.55. The zero-order valence-electron chi connectivity index (χ0n) is 11.8. The Morgan fingerprint density at radius 1 is 0.857 bits per heavy atom. The molecule has 0 atom stereocenters. The van der Waals surface area contributed by atoms with Gasteiger partial charge >= 0.3 is 0 Å². The lowest BCUT2D eigenvalue weighted by atomic mass is 10.1. The largest absolute Gasteiger partial charge is 0.273 e. The normalized spacial score (nSPS) is 11.1. The second kappa shape index (κ2) is 6.07. The molecule has 2 rings (SSSR count). The fourth-order valence-electron chi connectivity index (χ4n) is 1.67. The highest BCUT2D eigenvalue weighted by Crippen LogP contribution is 2.09. The maximum absolute atomic E-state index is 12.0. The van der Waals surface area contributed by atoms with Crippen molar-refractivity contribution in [2.24, 2.45) is 0 Å². The molecule has 0 aliphatic rings. The first-order chi connectivity index (χ1) is 9.88. The second-order valence-electron chi connectivity index (χ2n) is 4.74. The van der Waals surface area contributed by atoms with E-state index in [2.05, 4.69) is 10.3 Å². The van der Waals surface area contributed by atoms with Crippen LogP contribution in [0.4, 0.5) is 0 Å². The third-order valence-corrected chi connectivity index (χ3v) is 4.21. The van der Waals surface area contributed by atoms with Gasteiger partial charge in [0, 0.05) is 5.56 Å². The van der Waals surface area contributed by atoms with E-state index in [4.69, 9.17) is 0 Å². The lowest BCUT2D eigenvalue weighted by Gasteiger charge is -2.09. The second-order valence-corrected chi connectivity index (χ2v) is 6.42. The summed E-state index contributed by atoms with van der Waals surface area (Å²) < 4.78 is 24.0. The molecule has 0 bridgehead atoms. The average Bonchev–Trinajstić information content (AvgIpc) is 2.46. The zero-order valence-corrected chi connectivity index (χ0v) is 12.6. The van der Waals surface area contributed by atoms with E-state index in [1.165, 1.54) is 12.1 Å². The van der Waals surface area contributed by atoms with Gasteiger partial charge in [-0.15, -0.1) is 4.83 Å². The van der Waals surface area contributed by atoms with Gasteiger partial charge in [0.25, 0.3) is 15.9 Å². The predicted molar refractivity (Wildman–Crippen MR) is 80.1 cm³/mol. The molecule has 0 unspecified atom stereocenters. The minimum atomic E-state index is -3.77. The molecular formula is C15H16N2O3S. The Balaban J connectivity index is 2.06. The molecule has 0 radical (unpaired) electrons.